The maximum Gasteiger partial charge on any atom is 0.396 e. The summed E-state index contributed by atoms with van der Waals surface area (Å²) in [6, 6.07) is 11.2. The largest absolute Gasteiger partial charge is 0.396 e. The van der Waals surface area contributed by atoms with Crippen molar-refractivity contribution in [1.82, 2.24) is 0 Å². The van der Waals surface area contributed by atoms with Gasteiger partial charge in [-0.25, -0.2) is 0 Å². The van der Waals surface area contributed by atoms with Crippen LogP contribution in [0.2, 0.25) is 5.04 Å². The lowest BCUT2D eigenvalue weighted by atomic mass is 9.98. The van der Waals surface area contributed by atoms with Gasteiger partial charge in [0.25, 0.3) is 0 Å². The lowest BCUT2D eigenvalue weighted by Crippen LogP contribution is -2.44. The highest BCUT2D eigenvalue weighted by atomic mass is 28.3. The van der Waals surface area contributed by atoms with Crippen LogP contribution in [-0.2, 0) is 0 Å². The monoisotopic (exact) mass is 265 g/mol. The van der Waals surface area contributed by atoms with Crippen LogP contribution in [0.5, 0.6) is 0 Å². The van der Waals surface area contributed by atoms with Gasteiger partial charge in [0.1, 0.15) is 10.4 Å². The summed E-state index contributed by atoms with van der Waals surface area (Å²) in [6.07, 6.45) is 12.9. The van der Waals surface area contributed by atoms with E-state index in [9.17, 15) is 0 Å². The van der Waals surface area contributed by atoms with Gasteiger partial charge in [-0.1, -0.05) is 36.4 Å². The van der Waals surface area contributed by atoms with Crippen LogP contribution in [0.4, 0.5) is 0 Å². The van der Waals surface area contributed by atoms with Gasteiger partial charge in [-0.3, -0.25) is 0 Å². The fourth-order valence-electron chi connectivity index (χ4n) is 3.27. The van der Waals surface area contributed by atoms with E-state index in [0.29, 0.717) is 5.04 Å². The molecule has 0 atom stereocenters. The van der Waals surface area contributed by atoms with Gasteiger partial charge in [0.15, 0.2) is 0 Å². The highest BCUT2D eigenvalue weighted by Crippen LogP contribution is 2.45. The molecule has 2 aliphatic rings. The van der Waals surface area contributed by atoms with Crippen LogP contribution < -0.4 is 5.19 Å². The molecule has 1 aromatic rings. The topological polar surface area (TPSA) is 0 Å². The molecule has 3 rings (SSSR count). The molecule has 1 aliphatic heterocycles. The zero-order valence-corrected chi connectivity index (χ0v) is 12.8. The van der Waals surface area contributed by atoms with E-state index >= 15 is 0 Å². The molecule has 96 valence electrons. The average molecular weight is 265 g/mol. The molecular weight excluding hydrogens is 244 g/mol. The molecule has 1 heteroatoms. The standard InChI is InChI=1S/C18H21Si/c1-18(2)14-13-15-9-5-3-8-12-17(15)19(18)16-10-6-4-7-11-16/h3-8,10-12H,9,13-14H2,1-2H3/q+1. The minimum Gasteiger partial charge on any atom is -0.0803 e. The Kier molecular flexibility index (Phi) is 3.32. The fourth-order valence-corrected chi connectivity index (χ4v) is 6.84. The van der Waals surface area contributed by atoms with Gasteiger partial charge in [-0.2, -0.15) is 0 Å². The molecule has 1 heterocycles. The summed E-state index contributed by atoms with van der Waals surface area (Å²) in [5.41, 5.74) is 1.68. The lowest BCUT2D eigenvalue weighted by molar-refractivity contribution is 0.581. The van der Waals surface area contributed by atoms with E-state index in [1.54, 1.807) is 16.0 Å². The van der Waals surface area contributed by atoms with E-state index in [4.69, 9.17) is 0 Å². The molecule has 1 aromatic carbocycles. The molecule has 0 radical (unpaired) electrons. The number of rotatable bonds is 1. The van der Waals surface area contributed by atoms with E-state index in [1.165, 1.54) is 12.8 Å². The molecule has 0 saturated carbocycles. The molecule has 0 bridgehead atoms. The van der Waals surface area contributed by atoms with E-state index in [1.807, 2.05) is 0 Å². The van der Waals surface area contributed by atoms with Gasteiger partial charge >= 0.3 is 8.80 Å². The third-order valence-corrected chi connectivity index (χ3v) is 7.89. The quantitative estimate of drug-likeness (QED) is 0.664. The second-order valence-electron chi connectivity index (χ2n) is 6.13. The Morgan fingerprint density at radius 3 is 2.63 bits per heavy atom. The number of benzene rings is 1. The Balaban J connectivity index is 2.11. The van der Waals surface area contributed by atoms with Gasteiger partial charge in [0.05, 0.1) is 5.04 Å². The molecule has 0 nitrogen and oxygen atoms in total. The number of allylic oxidation sites excluding steroid dienone is 6. The second-order valence-corrected chi connectivity index (χ2v) is 9.35. The second kappa shape index (κ2) is 4.97. The molecule has 0 aromatic heterocycles. The Hall–Kier alpha value is -1.34. The minimum absolute atomic E-state index is 0.444. The zero-order valence-electron chi connectivity index (χ0n) is 11.8. The van der Waals surface area contributed by atoms with Crippen LogP contribution >= 0.6 is 0 Å². The predicted octanol–water partition coefficient (Wildman–Crippen LogP) is 4.31. The van der Waals surface area contributed by atoms with Crippen molar-refractivity contribution >= 4 is 14.0 Å². The summed E-state index contributed by atoms with van der Waals surface area (Å²) in [7, 11) is -0.670. The zero-order chi connectivity index (χ0) is 13.3. The van der Waals surface area contributed by atoms with Crippen molar-refractivity contribution in [1.29, 1.82) is 0 Å². The molecule has 0 unspecified atom stereocenters. The summed E-state index contributed by atoms with van der Waals surface area (Å²) >= 11 is 0. The van der Waals surface area contributed by atoms with E-state index in [-0.39, 0.29) is 0 Å². The summed E-state index contributed by atoms with van der Waals surface area (Å²) in [5.74, 6) is 0. The first-order valence-corrected chi connectivity index (χ1v) is 8.67. The van der Waals surface area contributed by atoms with Crippen molar-refractivity contribution in [2.75, 3.05) is 0 Å². The average Bonchev–Trinajstić information content (AvgIpc) is 2.64. The van der Waals surface area contributed by atoms with Crippen LogP contribution in [0.25, 0.3) is 0 Å². The third-order valence-electron chi connectivity index (χ3n) is 4.32. The maximum absolute atomic E-state index is 2.46. The molecule has 0 fully saturated rings. The Labute approximate surface area is 118 Å². The predicted molar refractivity (Wildman–Crippen MR) is 85.0 cm³/mol. The summed E-state index contributed by atoms with van der Waals surface area (Å²) in [6.45, 7) is 4.93. The lowest BCUT2D eigenvalue weighted by Gasteiger charge is -2.28. The Bertz CT molecular complexity index is 546. The Morgan fingerprint density at radius 1 is 1.05 bits per heavy atom. The molecule has 0 saturated heterocycles. The number of hydrogen-bond donors (Lipinski definition) is 0. The van der Waals surface area contributed by atoms with Gasteiger partial charge < -0.3 is 0 Å². The fraction of sp³-hybridized carbons (Fsp3) is 0.333. The van der Waals surface area contributed by atoms with E-state index in [2.05, 4.69) is 68.5 Å². The van der Waals surface area contributed by atoms with Crippen LogP contribution in [0.3, 0.4) is 0 Å². The SMILES string of the molecule is CC1(C)CCC2=C(C=CC=CC2)[Si+]1c1ccccc1. The van der Waals surface area contributed by atoms with Crippen molar-refractivity contribution in [3.63, 3.8) is 0 Å². The normalized spacial score (nSPS) is 21.3. The van der Waals surface area contributed by atoms with E-state index in [0.717, 1.165) is 6.42 Å². The third kappa shape index (κ3) is 2.39. The molecule has 0 spiro atoms. The highest BCUT2D eigenvalue weighted by molar-refractivity contribution is 6.83. The Morgan fingerprint density at radius 2 is 1.84 bits per heavy atom. The first-order chi connectivity index (χ1) is 9.18. The van der Waals surface area contributed by atoms with Gasteiger partial charge in [0, 0.05) is 0 Å². The molecular formula is C18H21Si+. The molecule has 1 aliphatic carbocycles. The minimum atomic E-state index is -0.670. The molecule has 19 heavy (non-hydrogen) atoms. The maximum atomic E-state index is 2.46. The van der Waals surface area contributed by atoms with Crippen molar-refractivity contribution < 1.29 is 0 Å². The van der Waals surface area contributed by atoms with Crippen molar-refractivity contribution in [2.24, 2.45) is 0 Å². The van der Waals surface area contributed by atoms with E-state index < -0.39 is 8.80 Å². The van der Waals surface area contributed by atoms with Crippen LogP contribution in [0.1, 0.15) is 33.1 Å². The van der Waals surface area contributed by atoms with Gasteiger partial charge in [-0.05, 0) is 56.9 Å². The van der Waals surface area contributed by atoms with Crippen LogP contribution in [0, 0.1) is 0 Å². The highest BCUT2D eigenvalue weighted by Gasteiger charge is 2.52. The van der Waals surface area contributed by atoms with Crippen molar-refractivity contribution in [3.8, 4) is 0 Å². The van der Waals surface area contributed by atoms with Gasteiger partial charge in [0.2, 0.25) is 0 Å². The molecule has 0 N–H and O–H groups in total. The van der Waals surface area contributed by atoms with Gasteiger partial charge in [-0.15, -0.1) is 0 Å². The van der Waals surface area contributed by atoms with Crippen LogP contribution in [-0.4, -0.2) is 8.80 Å². The molecule has 0 amide bonds. The summed E-state index contributed by atoms with van der Waals surface area (Å²) < 4.78 is 0. The van der Waals surface area contributed by atoms with Crippen molar-refractivity contribution in [2.45, 2.75) is 38.1 Å². The first kappa shape index (κ1) is 12.7. The summed E-state index contributed by atoms with van der Waals surface area (Å²) in [4.78, 5) is 0. The summed E-state index contributed by atoms with van der Waals surface area (Å²) in [5, 5.41) is 3.67. The first-order valence-electron chi connectivity index (χ1n) is 7.17. The smallest absolute Gasteiger partial charge is 0.0803 e. The van der Waals surface area contributed by atoms with Crippen molar-refractivity contribution in [3.05, 3.63) is 65.4 Å². The number of hydrogen-bond acceptors (Lipinski definition) is 0. The van der Waals surface area contributed by atoms with Crippen LogP contribution in [0.15, 0.2) is 65.4 Å².